The van der Waals surface area contributed by atoms with Crippen LogP contribution in [0.4, 0.5) is 0 Å². The molecule has 14 heavy (non-hydrogen) atoms. The largest absolute Gasteiger partial charge is 0.480 e. The molecule has 0 aromatic carbocycles. The number of carbonyl (C=O) groups is 2. The van der Waals surface area contributed by atoms with Gasteiger partial charge in [0.2, 0.25) is 5.91 Å². The van der Waals surface area contributed by atoms with E-state index in [0.717, 1.165) is 13.0 Å². The Hall–Kier alpha value is -1.10. The molecule has 2 atom stereocenters. The van der Waals surface area contributed by atoms with Gasteiger partial charge in [0.25, 0.3) is 0 Å². The topological polar surface area (TPSA) is 78.4 Å². The van der Waals surface area contributed by atoms with Gasteiger partial charge in [-0.25, -0.2) is 0 Å². The van der Waals surface area contributed by atoms with Gasteiger partial charge in [-0.2, -0.15) is 0 Å². The smallest absolute Gasteiger partial charge is 0.325 e. The van der Waals surface area contributed by atoms with Crippen molar-refractivity contribution in [1.82, 2.24) is 10.6 Å². The van der Waals surface area contributed by atoms with E-state index in [0.29, 0.717) is 6.54 Å². The number of nitrogens with one attached hydrogen (secondary N) is 2. The highest BCUT2D eigenvalue weighted by molar-refractivity contribution is 5.87. The standard InChI is InChI=1S/C9H16N2O3/c1-6(7(12)13)11-8(14)9(2)3-4-10-5-9/h6,10H,3-5H2,1-2H3,(H,11,14)(H,12,13). The number of hydrogen-bond acceptors (Lipinski definition) is 3. The van der Waals surface area contributed by atoms with Gasteiger partial charge in [-0.15, -0.1) is 0 Å². The van der Waals surface area contributed by atoms with Crippen LogP contribution < -0.4 is 10.6 Å². The quantitative estimate of drug-likeness (QED) is 0.578. The molecule has 1 aliphatic heterocycles. The molecule has 1 aliphatic rings. The van der Waals surface area contributed by atoms with Crippen LogP contribution in [0.2, 0.25) is 0 Å². The van der Waals surface area contributed by atoms with Crippen LogP contribution in [0.25, 0.3) is 0 Å². The second-order valence-electron chi connectivity index (χ2n) is 4.02. The zero-order valence-electron chi connectivity index (χ0n) is 8.46. The summed E-state index contributed by atoms with van der Waals surface area (Å²) in [6, 6.07) is -0.820. The highest BCUT2D eigenvalue weighted by Crippen LogP contribution is 2.24. The van der Waals surface area contributed by atoms with Crippen molar-refractivity contribution in [3.05, 3.63) is 0 Å². The third kappa shape index (κ3) is 2.23. The van der Waals surface area contributed by atoms with Crippen LogP contribution in [0.1, 0.15) is 20.3 Å². The number of carboxylic acid groups (broad SMARTS) is 1. The van der Waals surface area contributed by atoms with Gasteiger partial charge in [0.15, 0.2) is 0 Å². The number of carboxylic acids is 1. The third-order valence-electron chi connectivity index (χ3n) is 2.63. The Balaban J connectivity index is 2.53. The van der Waals surface area contributed by atoms with E-state index in [1.54, 1.807) is 0 Å². The molecule has 0 aromatic rings. The van der Waals surface area contributed by atoms with E-state index in [9.17, 15) is 9.59 Å². The van der Waals surface area contributed by atoms with E-state index in [2.05, 4.69) is 10.6 Å². The molecule has 0 bridgehead atoms. The van der Waals surface area contributed by atoms with E-state index >= 15 is 0 Å². The molecular weight excluding hydrogens is 184 g/mol. The lowest BCUT2D eigenvalue weighted by Gasteiger charge is -2.22. The first kappa shape index (κ1) is 11.0. The Morgan fingerprint density at radius 3 is 2.64 bits per heavy atom. The minimum Gasteiger partial charge on any atom is -0.480 e. The van der Waals surface area contributed by atoms with Crippen LogP contribution in [0, 0.1) is 5.41 Å². The van der Waals surface area contributed by atoms with E-state index in [-0.39, 0.29) is 5.91 Å². The van der Waals surface area contributed by atoms with Crippen LogP contribution >= 0.6 is 0 Å². The summed E-state index contributed by atoms with van der Waals surface area (Å²) < 4.78 is 0. The fourth-order valence-corrected chi connectivity index (χ4v) is 1.44. The first-order chi connectivity index (χ1) is 6.46. The first-order valence-corrected chi connectivity index (χ1v) is 4.70. The second-order valence-corrected chi connectivity index (χ2v) is 4.02. The van der Waals surface area contributed by atoms with Crippen molar-refractivity contribution in [2.45, 2.75) is 26.3 Å². The predicted octanol–water partition coefficient (Wildman–Crippen LogP) is -0.425. The van der Waals surface area contributed by atoms with Crippen LogP contribution in [0.3, 0.4) is 0 Å². The Bertz CT molecular complexity index is 246. The molecule has 3 N–H and O–H groups in total. The van der Waals surface area contributed by atoms with E-state index in [1.807, 2.05) is 6.92 Å². The van der Waals surface area contributed by atoms with Gasteiger partial charge in [-0.05, 0) is 26.8 Å². The van der Waals surface area contributed by atoms with Crippen LogP contribution in [-0.4, -0.2) is 36.1 Å². The average molecular weight is 200 g/mol. The maximum atomic E-state index is 11.7. The first-order valence-electron chi connectivity index (χ1n) is 4.70. The van der Waals surface area contributed by atoms with Gasteiger partial charge < -0.3 is 15.7 Å². The lowest BCUT2D eigenvalue weighted by molar-refractivity contribution is -0.142. The summed E-state index contributed by atoms with van der Waals surface area (Å²) >= 11 is 0. The van der Waals surface area contributed by atoms with Crippen molar-refractivity contribution in [3.63, 3.8) is 0 Å². The molecule has 1 heterocycles. The van der Waals surface area contributed by atoms with Crippen molar-refractivity contribution in [3.8, 4) is 0 Å². The number of aliphatic carboxylic acids is 1. The van der Waals surface area contributed by atoms with Crippen molar-refractivity contribution in [2.75, 3.05) is 13.1 Å². The Labute approximate surface area is 82.9 Å². The molecule has 5 heteroatoms. The maximum Gasteiger partial charge on any atom is 0.325 e. The van der Waals surface area contributed by atoms with Crippen LogP contribution in [0.5, 0.6) is 0 Å². The van der Waals surface area contributed by atoms with Crippen LogP contribution in [-0.2, 0) is 9.59 Å². The van der Waals surface area contributed by atoms with Gasteiger partial charge in [0.1, 0.15) is 6.04 Å². The molecule has 2 unspecified atom stereocenters. The molecule has 1 saturated heterocycles. The molecular formula is C9H16N2O3. The summed E-state index contributed by atoms with van der Waals surface area (Å²) in [5.74, 6) is -1.19. The summed E-state index contributed by atoms with van der Waals surface area (Å²) in [5.41, 5.74) is -0.455. The SMILES string of the molecule is CC(NC(=O)C1(C)CCNC1)C(=O)O. The monoisotopic (exact) mass is 200 g/mol. The van der Waals surface area contributed by atoms with Crippen molar-refractivity contribution < 1.29 is 14.7 Å². The molecule has 1 amide bonds. The third-order valence-corrected chi connectivity index (χ3v) is 2.63. The summed E-state index contributed by atoms with van der Waals surface area (Å²) in [6.45, 7) is 4.74. The fourth-order valence-electron chi connectivity index (χ4n) is 1.44. The Morgan fingerprint density at radius 2 is 2.21 bits per heavy atom. The minimum absolute atomic E-state index is 0.183. The number of carbonyl (C=O) groups excluding carboxylic acids is 1. The number of rotatable bonds is 3. The predicted molar refractivity (Wildman–Crippen MR) is 50.8 cm³/mol. The van der Waals surface area contributed by atoms with E-state index in [1.165, 1.54) is 6.92 Å². The molecule has 1 rings (SSSR count). The van der Waals surface area contributed by atoms with Gasteiger partial charge in [0, 0.05) is 6.54 Å². The highest BCUT2D eigenvalue weighted by atomic mass is 16.4. The van der Waals surface area contributed by atoms with Crippen molar-refractivity contribution >= 4 is 11.9 Å². The van der Waals surface area contributed by atoms with Crippen molar-refractivity contribution in [1.29, 1.82) is 0 Å². The minimum atomic E-state index is -1.01. The zero-order valence-corrected chi connectivity index (χ0v) is 8.46. The normalized spacial score (nSPS) is 28.4. The Kier molecular flexibility index (Phi) is 3.10. The molecule has 80 valence electrons. The number of amides is 1. The molecule has 0 spiro atoms. The van der Waals surface area contributed by atoms with Gasteiger partial charge in [-0.1, -0.05) is 0 Å². The molecule has 0 aliphatic carbocycles. The van der Waals surface area contributed by atoms with Crippen LogP contribution in [0.15, 0.2) is 0 Å². The maximum absolute atomic E-state index is 11.7. The second kappa shape index (κ2) is 3.96. The molecule has 1 fully saturated rings. The summed E-state index contributed by atoms with van der Waals surface area (Å²) in [6.07, 6.45) is 0.755. The van der Waals surface area contributed by atoms with Gasteiger partial charge >= 0.3 is 5.97 Å². The zero-order chi connectivity index (χ0) is 10.8. The summed E-state index contributed by atoms with van der Waals surface area (Å²) in [5, 5.41) is 14.2. The summed E-state index contributed by atoms with van der Waals surface area (Å²) in [4.78, 5) is 22.2. The van der Waals surface area contributed by atoms with Gasteiger partial charge in [0.05, 0.1) is 5.41 Å². The van der Waals surface area contributed by atoms with E-state index in [4.69, 9.17) is 5.11 Å². The van der Waals surface area contributed by atoms with E-state index < -0.39 is 17.4 Å². The number of hydrogen-bond donors (Lipinski definition) is 3. The molecule has 0 aromatic heterocycles. The molecule has 0 saturated carbocycles. The Morgan fingerprint density at radius 1 is 1.57 bits per heavy atom. The lowest BCUT2D eigenvalue weighted by Crippen LogP contribution is -2.47. The summed E-state index contributed by atoms with van der Waals surface area (Å²) in [7, 11) is 0. The van der Waals surface area contributed by atoms with Crippen molar-refractivity contribution in [2.24, 2.45) is 5.41 Å². The highest BCUT2D eigenvalue weighted by Gasteiger charge is 2.37. The molecule has 0 radical (unpaired) electrons. The lowest BCUT2D eigenvalue weighted by atomic mass is 9.88. The molecule has 5 nitrogen and oxygen atoms in total. The average Bonchev–Trinajstić information content (AvgIpc) is 2.53. The fraction of sp³-hybridized carbons (Fsp3) is 0.778. The van der Waals surface area contributed by atoms with Gasteiger partial charge in [-0.3, -0.25) is 9.59 Å².